The normalized spacial score (nSPS) is 19.1. The van der Waals surface area contributed by atoms with Gasteiger partial charge in [-0.15, -0.1) is 0 Å². The van der Waals surface area contributed by atoms with Crippen LogP contribution in [0.2, 0.25) is 0 Å². The molecule has 1 aliphatic rings. The van der Waals surface area contributed by atoms with Gasteiger partial charge in [0.1, 0.15) is 0 Å². The molecule has 0 aromatic rings. The number of hydrogen-bond donors (Lipinski definition) is 1. The molecular formula is C17H32N2. The molecule has 0 radical (unpaired) electrons. The first kappa shape index (κ1) is 16.3. The molecule has 1 aliphatic carbocycles. The van der Waals surface area contributed by atoms with Gasteiger partial charge in [-0.1, -0.05) is 32.6 Å². The molecule has 0 amide bonds. The topological polar surface area (TPSA) is 24.4 Å². The van der Waals surface area contributed by atoms with E-state index in [1.165, 1.54) is 50.5 Å². The maximum absolute atomic E-state index is 4.80. The molecule has 0 aliphatic heterocycles. The smallest absolute Gasteiger partial charge is 0.0499 e. The average molecular weight is 264 g/mol. The van der Waals surface area contributed by atoms with Gasteiger partial charge in [0.05, 0.1) is 0 Å². The van der Waals surface area contributed by atoms with Crippen LogP contribution in [0, 0.1) is 0 Å². The zero-order valence-electron chi connectivity index (χ0n) is 13.3. The molecule has 0 bridgehead atoms. The molecule has 19 heavy (non-hydrogen) atoms. The minimum atomic E-state index is 0.135. The summed E-state index contributed by atoms with van der Waals surface area (Å²) in [5, 5.41) is 3.47. The molecule has 2 nitrogen and oxygen atoms in total. The van der Waals surface area contributed by atoms with Crippen molar-refractivity contribution in [1.82, 2.24) is 5.32 Å². The Morgan fingerprint density at radius 2 is 1.89 bits per heavy atom. The number of hydrogen-bond acceptors (Lipinski definition) is 2. The van der Waals surface area contributed by atoms with Gasteiger partial charge in [-0.2, -0.15) is 0 Å². The number of nitrogens with zero attached hydrogens (tertiary/aromatic N) is 1. The van der Waals surface area contributed by atoms with Gasteiger partial charge in [0, 0.05) is 24.0 Å². The van der Waals surface area contributed by atoms with E-state index < -0.39 is 0 Å². The fraction of sp³-hybridized carbons (Fsp3) is 0.824. The van der Waals surface area contributed by atoms with Crippen LogP contribution in [-0.4, -0.2) is 17.8 Å². The van der Waals surface area contributed by atoms with Crippen molar-refractivity contribution in [3.05, 3.63) is 11.8 Å². The average Bonchev–Trinajstić information content (AvgIpc) is 2.38. The first-order valence-electron chi connectivity index (χ1n) is 8.01. The fourth-order valence-electron chi connectivity index (χ4n) is 2.30. The third-order valence-corrected chi connectivity index (χ3v) is 3.54. The second-order valence-electron chi connectivity index (χ2n) is 6.79. The Morgan fingerprint density at radius 3 is 2.47 bits per heavy atom. The zero-order chi connectivity index (χ0) is 14.1. The number of nitrogens with one attached hydrogen (secondary N) is 1. The number of allylic oxidation sites excluding steroid dienone is 1. The standard InChI is InChI=1S/C17H32N2/c1-5-6-10-15(14-19-17(2,3)4)13-18-16-11-8-7-9-12-16/h13-14,16,19H,5-12H2,1-4H3. The van der Waals surface area contributed by atoms with Gasteiger partial charge < -0.3 is 5.32 Å². The summed E-state index contributed by atoms with van der Waals surface area (Å²) >= 11 is 0. The largest absolute Gasteiger partial charge is 0.386 e. The molecule has 110 valence electrons. The van der Waals surface area contributed by atoms with Gasteiger partial charge in [0.15, 0.2) is 0 Å². The zero-order valence-corrected chi connectivity index (χ0v) is 13.3. The van der Waals surface area contributed by atoms with Crippen molar-refractivity contribution < 1.29 is 0 Å². The van der Waals surface area contributed by atoms with Crippen LogP contribution in [0.15, 0.2) is 16.8 Å². The fourth-order valence-corrected chi connectivity index (χ4v) is 2.30. The summed E-state index contributed by atoms with van der Waals surface area (Å²) in [6, 6.07) is 0.577. The summed E-state index contributed by atoms with van der Waals surface area (Å²) in [5.41, 5.74) is 1.48. The highest BCUT2D eigenvalue weighted by Gasteiger charge is 2.11. The molecule has 0 aromatic carbocycles. The Kier molecular flexibility index (Phi) is 7.19. The molecule has 1 rings (SSSR count). The van der Waals surface area contributed by atoms with Crippen molar-refractivity contribution in [2.24, 2.45) is 4.99 Å². The maximum Gasteiger partial charge on any atom is 0.0499 e. The summed E-state index contributed by atoms with van der Waals surface area (Å²) in [6.07, 6.45) is 14.6. The monoisotopic (exact) mass is 264 g/mol. The Balaban J connectivity index is 2.54. The number of aliphatic imine (C=N–C) groups is 1. The Labute approximate surface area is 119 Å². The molecule has 1 saturated carbocycles. The van der Waals surface area contributed by atoms with Crippen LogP contribution in [-0.2, 0) is 0 Å². The maximum atomic E-state index is 4.80. The Bertz CT molecular complexity index is 291. The second kappa shape index (κ2) is 8.39. The van der Waals surface area contributed by atoms with Crippen molar-refractivity contribution >= 4 is 6.21 Å². The molecule has 0 heterocycles. The van der Waals surface area contributed by atoms with Crippen LogP contribution in [0.1, 0.15) is 79.1 Å². The van der Waals surface area contributed by atoms with Crippen molar-refractivity contribution in [3.8, 4) is 0 Å². The lowest BCUT2D eigenvalue weighted by Crippen LogP contribution is -2.31. The van der Waals surface area contributed by atoms with E-state index in [2.05, 4.69) is 45.4 Å². The van der Waals surface area contributed by atoms with E-state index in [1.807, 2.05) is 0 Å². The minimum absolute atomic E-state index is 0.135. The van der Waals surface area contributed by atoms with Crippen molar-refractivity contribution in [1.29, 1.82) is 0 Å². The summed E-state index contributed by atoms with van der Waals surface area (Å²) in [6.45, 7) is 8.82. The van der Waals surface area contributed by atoms with E-state index >= 15 is 0 Å². The van der Waals surface area contributed by atoms with Crippen molar-refractivity contribution in [2.75, 3.05) is 0 Å². The molecule has 0 unspecified atom stereocenters. The van der Waals surface area contributed by atoms with E-state index in [-0.39, 0.29) is 5.54 Å². The summed E-state index contributed by atoms with van der Waals surface area (Å²) in [7, 11) is 0. The lowest BCUT2D eigenvalue weighted by Gasteiger charge is -2.20. The first-order chi connectivity index (χ1) is 9.01. The van der Waals surface area contributed by atoms with Crippen LogP contribution in [0.4, 0.5) is 0 Å². The molecule has 1 N–H and O–H groups in total. The third-order valence-electron chi connectivity index (χ3n) is 3.54. The van der Waals surface area contributed by atoms with Crippen LogP contribution >= 0.6 is 0 Å². The van der Waals surface area contributed by atoms with E-state index in [4.69, 9.17) is 4.99 Å². The molecule has 0 saturated heterocycles. The SMILES string of the molecule is CCCCC(C=NC1CCCCC1)=CNC(C)(C)C. The minimum Gasteiger partial charge on any atom is -0.386 e. The Hall–Kier alpha value is -0.790. The Morgan fingerprint density at radius 1 is 1.21 bits per heavy atom. The van der Waals surface area contributed by atoms with Gasteiger partial charge in [-0.05, 0) is 52.0 Å². The van der Waals surface area contributed by atoms with Crippen molar-refractivity contribution in [2.45, 2.75) is 90.6 Å². The molecule has 2 heteroatoms. The van der Waals surface area contributed by atoms with Crippen LogP contribution in [0.5, 0.6) is 0 Å². The molecular weight excluding hydrogens is 232 g/mol. The number of rotatable bonds is 6. The van der Waals surface area contributed by atoms with E-state index in [0.717, 1.165) is 6.42 Å². The van der Waals surface area contributed by atoms with Gasteiger partial charge >= 0.3 is 0 Å². The van der Waals surface area contributed by atoms with Gasteiger partial charge in [0.2, 0.25) is 0 Å². The van der Waals surface area contributed by atoms with Gasteiger partial charge in [-0.3, -0.25) is 4.99 Å². The highest BCUT2D eigenvalue weighted by Crippen LogP contribution is 2.20. The predicted molar refractivity (Wildman–Crippen MR) is 85.9 cm³/mol. The predicted octanol–water partition coefficient (Wildman–Crippen LogP) is 4.85. The highest BCUT2D eigenvalue weighted by atomic mass is 14.9. The van der Waals surface area contributed by atoms with Crippen LogP contribution in [0.3, 0.4) is 0 Å². The first-order valence-corrected chi connectivity index (χ1v) is 8.01. The van der Waals surface area contributed by atoms with Crippen molar-refractivity contribution in [3.63, 3.8) is 0 Å². The van der Waals surface area contributed by atoms with E-state index in [1.54, 1.807) is 0 Å². The highest BCUT2D eigenvalue weighted by molar-refractivity contribution is 5.78. The summed E-state index contributed by atoms with van der Waals surface area (Å²) in [5.74, 6) is 0. The third kappa shape index (κ3) is 8.07. The van der Waals surface area contributed by atoms with Crippen LogP contribution < -0.4 is 5.32 Å². The van der Waals surface area contributed by atoms with Crippen LogP contribution in [0.25, 0.3) is 0 Å². The number of unbranched alkanes of at least 4 members (excludes halogenated alkanes) is 1. The summed E-state index contributed by atoms with van der Waals surface area (Å²) in [4.78, 5) is 4.80. The van der Waals surface area contributed by atoms with Gasteiger partial charge in [-0.25, -0.2) is 0 Å². The van der Waals surface area contributed by atoms with Gasteiger partial charge in [0.25, 0.3) is 0 Å². The molecule has 0 spiro atoms. The molecule has 1 fully saturated rings. The lowest BCUT2D eigenvalue weighted by atomic mass is 9.96. The molecule has 0 aromatic heterocycles. The van der Waals surface area contributed by atoms with E-state index in [0.29, 0.717) is 6.04 Å². The lowest BCUT2D eigenvalue weighted by molar-refractivity contribution is 0.444. The molecule has 0 atom stereocenters. The quantitative estimate of drug-likeness (QED) is 0.681. The summed E-state index contributed by atoms with van der Waals surface area (Å²) < 4.78 is 0. The van der Waals surface area contributed by atoms with E-state index in [9.17, 15) is 0 Å². The second-order valence-corrected chi connectivity index (χ2v) is 6.79.